The van der Waals surface area contributed by atoms with Crippen molar-refractivity contribution in [3.63, 3.8) is 0 Å². The molecule has 6 heteroatoms. The van der Waals surface area contributed by atoms with Crippen molar-refractivity contribution < 1.29 is 19.1 Å². The Hall–Kier alpha value is -0.820. The van der Waals surface area contributed by atoms with Gasteiger partial charge in [-0.15, -0.1) is 0 Å². The Bertz CT molecular complexity index is 607. The monoisotopic (exact) mass is 424 g/mol. The third-order valence-electron chi connectivity index (χ3n) is 6.01. The molecule has 0 bridgehead atoms. The summed E-state index contributed by atoms with van der Waals surface area (Å²) in [6.07, 6.45) is 2.70. The van der Waals surface area contributed by atoms with Gasteiger partial charge in [-0.1, -0.05) is 0 Å². The molecule has 0 aromatic rings. The van der Waals surface area contributed by atoms with E-state index < -0.39 is 6.10 Å². The molecule has 2 fully saturated rings. The topological polar surface area (TPSA) is 76.7 Å². The molecule has 1 atom stereocenters. The molecule has 2 aliphatic rings. The lowest BCUT2D eigenvalue weighted by atomic mass is 9.81. The number of hydrogen-bond donors (Lipinski definition) is 2. The molecule has 6 nitrogen and oxygen atoms in total. The Balaban J connectivity index is 1.90. The highest BCUT2D eigenvalue weighted by Crippen LogP contribution is 2.32. The Morgan fingerprint density at radius 1 is 0.800 bits per heavy atom. The molecule has 1 unspecified atom stereocenters. The predicted molar refractivity (Wildman–Crippen MR) is 120 cm³/mol. The molecular formula is C24H44N2O4. The molecule has 2 N–H and O–H groups in total. The van der Waals surface area contributed by atoms with E-state index in [9.17, 15) is 9.59 Å². The SMILES string of the molecule is CC(=O)C(CC(=O)COC1CC(C)(C)NC(C)(C)C1)OC1CC(C)(C)NC(C)(C)C1. The second-order valence-corrected chi connectivity index (χ2v) is 12.1. The van der Waals surface area contributed by atoms with Crippen molar-refractivity contribution in [3.8, 4) is 0 Å². The molecule has 2 saturated heterocycles. The van der Waals surface area contributed by atoms with E-state index >= 15 is 0 Å². The van der Waals surface area contributed by atoms with E-state index in [0.717, 1.165) is 25.7 Å². The zero-order valence-corrected chi connectivity index (χ0v) is 20.6. The minimum Gasteiger partial charge on any atom is -0.370 e. The smallest absolute Gasteiger partial charge is 0.161 e. The molecule has 0 aliphatic carbocycles. The van der Waals surface area contributed by atoms with E-state index in [4.69, 9.17) is 9.47 Å². The Labute approximate surface area is 183 Å². The van der Waals surface area contributed by atoms with Crippen LogP contribution in [0.25, 0.3) is 0 Å². The molecule has 2 aliphatic heterocycles. The normalized spacial score (nSPS) is 26.8. The molecule has 174 valence electrons. The number of nitrogens with one attached hydrogen (secondary N) is 2. The van der Waals surface area contributed by atoms with Gasteiger partial charge in [-0.25, -0.2) is 0 Å². The number of carbonyl (C=O) groups excluding carboxylic acids is 2. The van der Waals surface area contributed by atoms with Crippen molar-refractivity contribution in [2.75, 3.05) is 6.61 Å². The van der Waals surface area contributed by atoms with Gasteiger partial charge in [-0.3, -0.25) is 9.59 Å². The molecule has 0 radical (unpaired) electrons. The van der Waals surface area contributed by atoms with Gasteiger partial charge in [0.05, 0.1) is 12.2 Å². The maximum Gasteiger partial charge on any atom is 0.161 e. The zero-order valence-electron chi connectivity index (χ0n) is 20.6. The average Bonchev–Trinajstić information content (AvgIpc) is 2.46. The van der Waals surface area contributed by atoms with Gasteiger partial charge in [-0.2, -0.15) is 0 Å². The minimum atomic E-state index is -0.697. The maximum atomic E-state index is 12.6. The fraction of sp³-hybridized carbons (Fsp3) is 0.917. The summed E-state index contributed by atoms with van der Waals surface area (Å²) in [7, 11) is 0. The van der Waals surface area contributed by atoms with E-state index in [-0.39, 0.29) is 59.0 Å². The van der Waals surface area contributed by atoms with Crippen LogP contribution in [0.1, 0.15) is 94.4 Å². The van der Waals surface area contributed by atoms with Crippen LogP contribution in [0.5, 0.6) is 0 Å². The molecule has 0 spiro atoms. The second kappa shape index (κ2) is 8.97. The maximum absolute atomic E-state index is 12.6. The lowest BCUT2D eigenvalue weighted by molar-refractivity contribution is -0.144. The van der Waals surface area contributed by atoms with Crippen LogP contribution in [0.15, 0.2) is 0 Å². The molecule has 0 aromatic carbocycles. The van der Waals surface area contributed by atoms with Crippen LogP contribution < -0.4 is 10.6 Å². The van der Waals surface area contributed by atoms with Crippen LogP contribution in [0.4, 0.5) is 0 Å². The summed E-state index contributed by atoms with van der Waals surface area (Å²) < 4.78 is 12.2. The largest absolute Gasteiger partial charge is 0.370 e. The fourth-order valence-electron chi connectivity index (χ4n) is 5.67. The quantitative estimate of drug-likeness (QED) is 0.620. The molecular weight excluding hydrogens is 380 g/mol. The van der Waals surface area contributed by atoms with Gasteiger partial charge in [0.15, 0.2) is 11.6 Å². The number of piperidine rings is 2. The van der Waals surface area contributed by atoms with Gasteiger partial charge >= 0.3 is 0 Å². The van der Waals surface area contributed by atoms with Gasteiger partial charge in [-0.05, 0) is 88.0 Å². The lowest BCUT2D eigenvalue weighted by Gasteiger charge is -2.47. The first kappa shape index (κ1) is 25.4. The van der Waals surface area contributed by atoms with Gasteiger partial charge in [0.25, 0.3) is 0 Å². The van der Waals surface area contributed by atoms with Crippen LogP contribution in [0.2, 0.25) is 0 Å². The fourth-order valence-corrected chi connectivity index (χ4v) is 5.67. The predicted octanol–water partition coefficient (Wildman–Crippen LogP) is 3.55. The van der Waals surface area contributed by atoms with Crippen molar-refractivity contribution in [1.29, 1.82) is 0 Å². The first-order chi connectivity index (χ1) is 13.5. The lowest BCUT2D eigenvalue weighted by Crippen LogP contribution is -2.60. The van der Waals surface area contributed by atoms with Crippen molar-refractivity contribution in [1.82, 2.24) is 10.6 Å². The van der Waals surface area contributed by atoms with Crippen molar-refractivity contribution >= 4 is 11.6 Å². The summed E-state index contributed by atoms with van der Waals surface area (Å²) in [5.74, 6) is -0.168. The van der Waals surface area contributed by atoms with E-state index in [1.807, 2.05) is 0 Å². The first-order valence-corrected chi connectivity index (χ1v) is 11.4. The summed E-state index contributed by atoms with van der Waals surface area (Å²) in [5, 5.41) is 7.24. The van der Waals surface area contributed by atoms with Crippen molar-refractivity contribution in [2.24, 2.45) is 0 Å². The molecule has 2 rings (SSSR count). The van der Waals surface area contributed by atoms with Gasteiger partial charge in [0.1, 0.15) is 12.7 Å². The Morgan fingerprint density at radius 2 is 1.20 bits per heavy atom. The molecule has 0 aromatic heterocycles. The van der Waals surface area contributed by atoms with Crippen LogP contribution in [-0.4, -0.2) is 58.6 Å². The molecule has 30 heavy (non-hydrogen) atoms. The average molecular weight is 425 g/mol. The summed E-state index contributed by atoms with van der Waals surface area (Å²) in [6, 6.07) is 0. The highest BCUT2D eigenvalue weighted by molar-refractivity contribution is 5.88. The molecule has 0 amide bonds. The van der Waals surface area contributed by atoms with Crippen molar-refractivity contribution in [2.45, 2.75) is 135 Å². The number of carbonyl (C=O) groups is 2. The van der Waals surface area contributed by atoms with E-state index in [2.05, 4.69) is 66.0 Å². The van der Waals surface area contributed by atoms with Crippen LogP contribution >= 0.6 is 0 Å². The van der Waals surface area contributed by atoms with E-state index in [1.165, 1.54) is 6.92 Å². The third kappa shape index (κ3) is 8.03. The molecule has 0 saturated carbocycles. The van der Waals surface area contributed by atoms with Crippen LogP contribution in [-0.2, 0) is 19.1 Å². The molecule has 2 heterocycles. The number of Topliss-reactive ketones (excluding diaryl/α,β-unsaturated/α-hetero) is 2. The third-order valence-corrected chi connectivity index (χ3v) is 6.01. The summed E-state index contributed by atoms with van der Waals surface area (Å²) in [6.45, 7) is 18.8. The number of ether oxygens (including phenoxy) is 2. The second-order valence-electron chi connectivity index (χ2n) is 12.1. The van der Waals surface area contributed by atoms with Gasteiger partial charge in [0.2, 0.25) is 0 Å². The Kier molecular flexibility index (Phi) is 7.61. The van der Waals surface area contributed by atoms with Crippen LogP contribution in [0, 0.1) is 0 Å². The highest BCUT2D eigenvalue weighted by Gasteiger charge is 2.40. The van der Waals surface area contributed by atoms with Crippen LogP contribution in [0.3, 0.4) is 0 Å². The summed E-state index contributed by atoms with van der Waals surface area (Å²) >= 11 is 0. The zero-order chi connectivity index (χ0) is 23.0. The van der Waals surface area contributed by atoms with Gasteiger partial charge in [0, 0.05) is 28.6 Å². The number of hydrogen-bond acceptors (Lipinski definition) is 6. The standard InChI is InChI=1S/C24H44N2O4/c1-16(27)20(30-19-13-23(6,7)26-24(8,9)14-19)10-17(28)15-29-18-11-21(2,3)25-22(4,5)12-18/h18-20,25-26H,10-15H2,1-9H3. The Morgan fingerprint density at radius 3 is 1.60 bits per heavy atom. The van der Waals surface area contributed by atoms with E-state index in [0.29, 0.717) is 0 Å². The minimum absolute atomic E-state index is 0.0305. The van der Waals surface area contributed by atoms with E-state index in [1.54, 1.807) is 0 Å². The van der Waals surface area contributed by atoms with Crippen molar-refractivity contribution in [3.05, 3.63) is 0 Å². The number of rotatable bonds is 8. The first-order valence-electron chi connectivity index (χ1n) is 11.4. The number of ketones is 2. The van der Waals surface area contributed by atoms with Gasteiger partial charge < -0.3 is 20.1 Å². The summed E-state index contributed by atoms with van der Waals surface area (Å²) in [4.78, 5) is 24.8. The highest BCUT2D eigenvalue weighted by atomic mass is 16.5. The summed E-state index contributed by atoms with van der Waals surface area (Å²) in [5.41, 5.74) is -0.213.